The SMILES string of the molecule is Cc1nn(-c2ccc(N/N=C(\C#N)C(=N)N)cc2)c(C)c1Cl. The number of benzene rings is 1. The Hall–Kier alpha value is -2.85. The summed E-state index contributed by atoms with van der Waals surface area (Å²) in [7, 11) is 0. The van der Waals surface area contributed by atoms with E-state index < -0.39 is 0 Å². The number of rotatable bonds is 4. The highest BCUT2D eigenvalue weighted by atomic mass is 35.5. The lowest BCUT2D eigenvalue weighted by molar-refractivity contribution is 0.834. The monoisotopic (exact) mass is 315 g/mol. The maximum absolute atomic E-state index is 8.76. The number of hydrogen-bond donors (Lipinski definition) is 3. The third-order valence-corrected chi connectivity index (χ3v) is 3.52. The number of nitrogens with zero attached hydrogens (tertiary/aromatic N) is 4. The first-order valence-corrected chi connectivity index (χ1v) is 6.72. The highest BCUT2D eigenvalue weighted by molar-refractivity contribution is 6.45. The van der Waals surface area contributed by atoms with Crippen molar-refractivity contribution in [3.8, 4) is 11.8 Å². The number of anilines is 1. The van der Waals surface area contributed by atoms with Crippen molar-refractivity contribution >= 4 is 28.8 Å². The highest BCUT2D eigenvalue weighted by Gasteiger charge is 2.10. The van der Waals surface area contributed by atoms with E-state index in [4.69, 9.17) is 28.0 Å². The van der Waals surface area contributed by atoms with Gasteiger partial charge < -0.3 is 5.73 Å². The van der Waals surface area contributed by atoms with Gasteiger partial charge in [0, 0.05) is 0 Å². The minimum absolute atomic E-state index is 0.172. The Morgan fingerprint density at radius 2 is 2.05 bits per heavy atom. The Bertz CT molecular complexity index is 781. The molecule has 8 heteroatoms. The van der Waals surface area contributed by atoms with E-state index in [0.29, 0.717) is 10.7 Å². The molecule has 2 rings (SSSR count). The molecule has 0 saturated heterocycles. The van der Waals surface area contributed by atoms with Crippen LogP contribution in [0.3, 0.4) is 0 Å². The van der Waals surface area contributed by atoms with Crippen molar-refractivity contribution < 1.29 is 0 Å². The van der Waals surface area contributed by atoms with Gasteiger partial charge in [-0.25, -0.2) is 4.68 Å². The molecule has 2 aromatic rings. The van der Waals surface area contributed by atoms with E-state index in [1.807, 2.05) is 26.0 Å². The first kappa shape index (κ1) is 15.5. The molecule has 0 unspecified atom stereocenters. The van der Waals surface area contributed by atoms with Crippen LogP contribution >= 0.6 is 11.6 Å². The quantitative estimate of drug-likeness (QED) is 0.456. The zero-order valence-corrected chi connectivity index (χ0v) is 12.8. The number of amidine groups is 1. The predicted octanol–water partition coefficient (Wildman–Crippen LogP) is 2.37. The number of nitrogens with two attached hydrogens (primary N) is 1. The topological polar surface area (TPSA) is 116 Å². The van der Waals surface area contributed by atoms with E-state index in [1.54, 1.807) is 22.9 Å². The van der Waals surface area contributed by atoms with E-state index in [2.05, 4.69) is 15.6 Å². The molecule has 0 fully saturated rings. The van der Waals surface area contributed by atoms with Crippen LogP contribution in [0, 0.1) is 30.6 Å². The molecular weight excluding hydrogens is 302 g/mol. The van der Waals surface area contributed by atoms with Crippen molar-refractivity contribution in [2.75, 3.05) is 5.43 Å². The van der Waals surface area contributed by atoms with Crippen LogP contribution in [-0.2, 0) is 0 Å². The number of halogens is 1. The first-order chi connectivity index (χ1) is 10.4. The third-order valence-electron chi connectivity index (χ3n) is 2.97. The summed E-state index contributed by atoms with van der Waals surface area (Å²) in [4.78, 5) is 0. The van der Waals surface area contributed by atoms with Gasteiger partial charge in [-0.3, -0.25) is 10.8 Å². The van der Waals surface area contributed by atoms with E-state index >= 15 is 0 Å². The van der Waals surface area contributed by atoms with Crippen molar-refractivity contribution in [3.63, 3.8) is 0 Å². The van der Waals surface area contributed by atoms with E-state index in [0.717, 1.165) is 17.1 Å². The lowest BCUT2D eigenvalue weighted by atomic mass is 10.3. The maximum atomic E-state index is 8.76. The second-order valence-electron chi connectivity index (χ2n) is 4.54. The zero-order chi connectivity index (χ0) is 16.3. The molecule has 0 spiro atoms. The van der Waals surface area contributed by atoms with Gasteiger partial charge in [-0.2, -0.15) is 15.5 Å². The van der Waals surface area contributed by atoms with Gasteiger partial charge in [-0.15, -0.1) is 0 Å². The summed E-state index contributed by atoms with van der Waals surface area (Å²) in [5.74, 6) is -0.385. The molecule has 0 radical (unpaired) electrons. The van der Waals surface area contributed by atoms with Crippen LogP contribution in [0.2, 0.25) is 5.02 Å². The van der Waals surface area contributed by atoms with Crippen LogP contribution in [0.15, 0.2) is 29.4 Å². The highest BCUT2D eigenvalue weighted by Crippen LogP contribution is 2.23. The minimum atomic E-state index is -0.385. The Balaban J connectivity index is 2.23. The van der Waals surface area contributed by atoms with Crippen LogP contribution < -0.4 is 11.2 Å². The van der Waals surface area contributed by atoms with Crippen molar-refractivity contribution in [1.29, 1.82) is 10.7 Å². The minimum Gasteiger partial charge on any atom is -0.382 e. The molecule has 112 valence electrons. The molecule has 7 nitrogen and oxygen atoms in total. The lowest BCUT2D eigenvalue weighted by Gasteiger charge is -2.06. The van der Waals surface area contributed by atoms with Crippen molar-refractivity contribution in [3.05, 3.63) is 40.7 Å². The summed E-state index contributed by atoms with van der Waals surface area (Å²) in [5.41, 5.74) is 10.9. The van der Waals surface area contributed by atoms with E-state index in [9.17, 15) is 0 Å². The normalized spacial score (nSPS) is 11.1. The summed E-state index contributed by atoms with van der Waals surface area (Å²) in [6, 6.07) is 8.97. The van der Waals surface area contributed by atoms with Gasteiger partial charge in [0.2, 0.25) is 5.71 Å². The number of hydrogen-bond acceptors (Lipinski definition) is 5. The van der Waals surface area contributed by atoms with E-state index in [1.165, 1.54) is 0 Å². The molecule has 0 amide bonds. The fourth-order valence-corrected chi connectivity index (χ4v) is 1.94. The molecule has 0 aliphatic heterocycles. The largest absolute Gasteiger partial charge is 0.382 e. The van der Waals surface area contributed by atoms with Gasteiger partial charge in [-0.1, -0.05) is 11.6 Å². The summed E-state index contributed by atoms with van der Waals surface area (Å²) < 4.78 is 1.75. The second kappa shape index (κ2) is 6.28. The van der Waals surface area contributed by atoms with Crippen LogP contribution in [-0.4, -0.2) is 21.3 Å². The molecule has 0 saturated carbocycles. The maximum Gasteiger partial charge on any atom is 0.201 e. The van der Waals surface area contributed by atoms with Crippen molar-refractivity contribution in [2.45, 2.75) is 13.8 Å². The standard InChI is InChI=1S/C14H14ClN7/c1-8-13(15)9(2)22(21-8)11-5-3-10(4-6-11)19-20-12(7-16)14(17)18/h3-6,19H,1-2H3,(H3,17,18)/b20-12+. The molecule has 22 heavy (non-hydrogen) atoms. The number of aromatic nitrogens is 2. The van der Waals surface area contributed by atoms with Crippen LogP contribution in [0.1, 0.15) is 11.4 Å². The Morgan fingerprint density at radius 3 is 2.50 bits per heavy atom. The number of nitriles is 1. The van der Waals surface area contributed by atoms with Crippen LogP contribution in [0.25, 0.3) is 5.69 Å². The van der Waals surface area contributed by atoms with Crippen molar-refractivity contribution in [1.82, 2.24) is 9.78 Å². The van der Waals surface area contributed by atoms with E-state index in [-0.39, 0.29) is 11.5 Å². The fraction of sp³-hybridized carbons (Fsp3) is 0.143. The summed E-state index contributed by atoms with van der Waals surface area (Å²) in [6.07, 6.45) is 0. The molecule has 0 aliphatic rings. The molecule has 0 bridgehead atoms. The molecule has 1 aromatic carbocycles. The smallest absolute Gasteiger partial charge is 0.201 e. The van der Waals surface area contributed by atoms with Crippen LogP contribution in [0.4, 0.5) is 5.69 Å². The average Bonchev–Trinajstić information content (AvgIpc) is 2.76. The molecule has 4 N–H and O–H groups in total. The first-order valence-electron chi connectivity index (χ1n) is 6.34. The van der Waals surface area contributed by atoms with Gasteiger partial charge in [-0.05, 0) is 38.1 Å². The summed E-state index contributed by atoms with van der Waals surface area (Å²) >= 11 is 6.13. The lowest BCUT2D eigenvalue weighted by Crippen LogP contribution is -2.21. The number of aryl methyl sites for hydroxylation is 1. The number of hydrazone groups is 1. The second-order valence-corrected chi connectivity index (χ2v) is 4.92. The summed E-state index contributed by atoms with van der Waals surface area (Å²) in [5, 5.41) is 24.7. The molecule has 1 heterocycles. The van der Waals surface area contributed by atoms with Crippen molar-refractivity contribution in [2.24, 2.45) is 10.8 Å². The van der Waals surface area contributed by atoms with Gasteiger partial charge in [0.25, 0.3) is 0 Å². The molecule has 1 aromatic heterocycles. The molecule has 0 aliphatic carbocycles. The zero-order valence-electron chi connectivity index (χ0n) is 12.1. The number of nitrogens with one attached hydrogen (secondary N) is 2. The predicted molar refractivity (Wildman–Crippen MR) is 86.6 cm³/mol. The fourth-order valence-electron chi connectivity index (χ4n) is 1.82. The van der Waals surface area contributed by atoms with Gasteiger partial charge >= 0.3 is 0 Å². The third kappa shape index (κ3) is 3.07. The Labute approximate surface area is 132 Å². The average molecular weight is 316 g/mol. The Kier molecular flexibility index (Phi) is 4.44. The van der Waals surface area contributed by atoms with Gasteiger partial charge in [0.15, 0.2) is 5.84 Å². The van der Waals surface area contributed by atoms with Gasteiger partial charge in [0.1, 0.15) is 6.07 Å². The Morgan fingerprint density at radius 1 is 1.41 bits per heavy atom. The summed E-state index contributed by atoms with van der Waals surface area (Å²) in [6.45, 7) is 3.74. The van der Waals surface area contributed by atoms with Crippen LogP contribution in [0.5, 0.6) is 0 Å². The molecule has 0 atom stereocenters. The molecular formula is C14H14ClN7. The van der Waals surface area contributed by atoms with Gasteiger partial charge in [0.05, 0.1) is 27.8 Å².